The molecule has 0 bridgehead atoms. The van der Waals surface area contributed by atoms with Crippen molar-refractivity contribution in [2.45, 2.75) is 115 Å². The van der Waals surface area contributed by atoms with Gasteiger partial charge in [0.15, 0.2) is 0 Å². The molecule has 29 heavy (non-hydrogen) atoms. The molecule has 0 amide bonds. The second-order valence-corrected chi connectivity index (χ2v) is 8.92. The van der Waals surface area contributed by atoms with Gasteiger partial charge in [-0.3, -0.25) is 0 Å². The van der Waals surface area contributed by atoms with Gasteiger partial charge < -0.3 is 0 Å². The summed E-state index contributed by atoms with van der Waals surface area (Å²) >= 11 is 0. The number of benzene rings is 1. The number of rotatable bonds is 12. The van der Waals surface area contributed by atoms with Crippen molar-refractivity contribution in [3.8, 4) is 0 Å². The van der Waals surface area contributed by atoms with E-state index in [0.717, 1.165) is 24.3 Å². The lowest BCUT2D eigenvalue weighted by molar-refractivity contribution is -0.219. The summed E-state index contributed by atoms with van der Waals surface area (Å²) < 4.78 is 56.1. The van der Waals surface area contributed by atoms with E-state index in [1.54, 1.807) is 12.1 Å². The monoisotopic (exact) mass is 414 g/mol. The Balaban J connectivity index is 1.81. The zero-order valence-electron chi connectivity index (χ0n) is 18.2. The van der Waals surface area contributed by atoms with E-state index in [-0.39, 0.29) is 6.42 Å². The Morgan fingerprint density at radius 2 is 1.34 bits per heavy atom. The molecule has 0 saturated heterocycles. The van der Waals surface area contributed by atoms with E-state index >= 15 is 0 Å². The van der Waals surface area contributed by atoms with Gasteiger partial charge in [0, 0.05) is 12.0 Å². The molecule has 1 aromatic rings. The highest BCUT2D eigenvalue weighted by Gasteiger charge is 2.56. The van der Waals surface area contributed by atoms with Crippen LogP contribution in [0.15, 0.2) is 24.3 Å². The largest absolute Gasteiger partial charge is 0.335 e. The predicted molar refractivity (Wildman–Crippen MR) is 113 cm³/mol. The van der Waals surface area contributed by atoms with Gasteiger partial charge in [0.2, 0.25) is 0 Å². The second-order valence-electron chi connectivity index (χ2n) is 8.92. The molecule has 166 valence electrons. The molecule has 0 aliphatic heterocycles. The van der Waals surface area contributed by atoms with E-state index in [1.165, 1.54) is 76.8 Å². The van der Waals surface area contributed by atoms with Crippen molar-refractivity contribution < 1.29 is 17.6 Å². The quantitative estimate of drug-likeness (QED) is 0.236. The molecule has 0 N–H and O–H groups in total. The van der Waals surface area contributed by atoms with Crippen LogP contribution in [0.4, 0.5) is 17.6 Å². The smallest absolute Gasteiger partial charge is 0.199 e. The first-order chi connectivity index (χ1) is 13.8. The van der Waals surface area contributed by atoms with E-state index < -0.39 is 23.8 Å². The van der Waals surface area contributed by atoms with Crippen molar-refractivity contribution in [1.82, 2.24) is 0 Å². The molecule has 0 aromatic heterocycles. The van der Waals surface area contributed by atoms with Crippen molar-refractivity contribution in [1.29, 1.82) is 0 Å². The minimum absolute atomic E-state index is 0.0304. The zero-order valence-corrected chi connectivity index (χ0v) is 18.2. The zero-order chi connectivity index (χ0) is 21.3. The fourth-order valence-corrected chi connectivity index (χ4v) is 4.64. The Kier molecular flexibility index (Phi) is 9.49. The van der Waals surface area contributed by atoms with E-state index in [4.69, 9.17) is 0 Å². The van der Waals surface area contributed by atoms with Crippen LogP contribution in [-0.2, 0) is 5.92 Å². The van der Waals surface area contributed by atoms with Gasteiger partial charge >= 0.3 is 11.8 Å². The number of hydrogen-bond donors (Lipinski definition) is 0. The third kappa shape index (κ3) is 6.72. The van der Waals surface area contributed by atoms with Gasteiger partial charge in [-0.1, -0.05) is 89.5 Å². The highest BCUT2D eigenvalue weighted by molar-refractivity contribution is 5.29. The Hall–Kier alpha value is -1.06. The maximum absolute atomic E-state index is 14.2. The van der Waals surface area contributed by atoms with Crippen molar-refractivity contribution >= 4 is 0 Å². The van der Waals surface area contributed by atoms with Crippen LogP contribution in [0.5, 0.6) is 0 Å². The Bertz CT molecular complexity index is 571. The van der Waals surface area contributed by atoms with Crippen LogP contribution >= 0.6 is 0 Å². The SMILES string of the molecule is CCCCCCCCC1CCC(c2ccc(C(F)(F)C(F)(F)CCC)cc2)CC1. The van der Waals surface area contributed by atoms with Gasteiger partial charge in [-0.2, -0.15) is 17.6 Å². The first-order valence-corrected chi connectivity index (χ1v) is 11.7. The van der Waals surface area contributed by atoms with Crippen LogP contribution in [0.3, 0.4) is 0 Å². The van der Waals surface area contributed by atoms with Crippen molar-refractivity contribution in [2.75, 3.05) is 0 Å². The average molecular weight is 415 g/mol. The van der Waals surface area contributed by atoms with Crippen LogP contribution in [-0.4, -0.2) is 5.92 Å². The van der Waals surface area contributed by atoms with E-state index in [2.05, 4.69) is 6.92 Å². The van der Waals surface area contributed by atoms with E-state index in [1.807, 2.05) is 0 Å². The molecule has 0 nitrogen and oxygen atoms in total. The second kappa shape index (κ2) is 11.4. The van der Waals surface area contributed by atoms with Gasteiger partial charge in [-0.15, -0.1) is 0 Å². The lowest BCUT2D eigenvalue weighted by Gasteiger charge is -2.30. The summed E-state index contributed by atoms with van der Waals surface area (Å²) in [5, 5.41) is 0. The average Bonchev–Trinajstić information content (AvgIpc) is 2.71. The third-order valence-corrected chi connectivity index (χ3v) is 6.58. The Morgan fingerprint density at radius 3 is 1.93 bits per heavy atom. The fraction of sp³-hybridized carbons (Fsp3) is 0.760. The minimum Gasteiger partial charge on any atom is -0.199 e. The van der Waals surface area contributed by atoms with Gasteiger partial charge in [-0.05, 0) is 43.1 Å². The molecule has 0 radical (unpaired) electrons. The molecule has 1 aliphatic carbocycles. The maximum Gasteiger partial charge on any atom is 0.335 e. The summed E-state index contributed by atoms with van der Waals surface area (Å²) in [7, 11) is 0. The summed E-state index contributed by atoms with van der Waals surface area (Å²) in [5.41, 5.74) is 0.442. The molecule has 1 aliphatic rings. The number of unbranched alkanes of at least 4 members (excludes halogenated alkanes) is 5. The highest BCUT2D eigenvalue weighted by Crippen LogP contribution is 2.46. The van der Waals surface area contributed by atoms with E-state index in [9.17, 15) is 17.6 Å². The summed E-state index contributed by atoms with van der Waals surface area (Å²) in [5.74, 6) is -6.96. The molecular weight excluding hydrogens is 376 g/mol. The van der Waals surface area contributed by atoms with Crippen LogP contribution in [0.2, 0.25) is 0 Å². The molecule has 1 saturated carbocycles. The molecule has 0 atom stereocenters. The minimum atomic E-state index is -4.11. The Labute approximate surface area is 174 Å². The van der Waals surface area contributed by atoms with Gasteiger partial charge in [0.25, 0.3) is 0 Å². The highest BCUT2D eigenvalue weighted by atomic mass is 19.3. The van der Waals surface area contributed by atoms with Crippen molar-refractivity contribution in [3.05, 3.63) is 35.4 Å². The van der Waals surface area contributed by atoms with Crippen LogP contribution < -0.4 is 0 Å². The number of hydrogen-bond acceptors (Lipinski definition) is 0. The van der Waals surface area contributed by atoms with Gasteiger partial charge in [0.1, 0.15) is 0 Å². The molecule has 4 heteroatoms. The lowest BCUT2D eigenvalue weighted by atomic mass is 9.77. The molecule has 0 spiro atoms. The molecule has 0 unspecified atom stereocenters. The normalized spacial score (nSPS) is 20.8. The van der Waals surface area contributed by atoms with Crippen molar-refractivity contribution in [3.63, 3.8) is 0 Å². The summed E-state index contributed by atoms with van der Waals surface area (Å²) in [6, 6.07) is 5.70. The number of alkyl halides is 4. The number of halogens is 4. The summed E-state index contributed by atoms with van der Waals surface area (Å²) in [6.45, 7) is 3.73. The first kappa shape index (κ1) is 24.2. The van der Waals surface area contributed by atoms with Gasteiger partial charge in [0.05, 0.1) is 0 Å². The first-order valence-electron chi connectivity index (χ1n) is 11.7. The summed E-state index contributed by atoms with van der Waals surface area (Å²) in [6.07, 6.45) is 13.0. The molecule has 0 heterocycles. The lowest BCUT2D eigenvalue weighted by Crippen LogP contribution is -2.37. The van der Waals surface area contributed by atoms with Gasteiger partial charge in [-0.25, -0.2) is 0 Å². The fourth-order valence-electron chi connectivity index (χ4n) is 4.64. The molecule has 1 aromatic carbocycles. The standard InChI is InChI=1S/C25H38F4/c1-3-5-6-7-8-9-10-20-11-13-21(14-12-20)22-15-17-23(18-16-22)25(28,29)24(26,27)19-4-2/h15-18,20-21H,3-14,19H2,1-2H3. The predicted octanol–water partition coefficient (Wildman–Crippen LogP) is 9.24. The molecule has 1 fully saturated rings. The molecular formula is C25H38F4. The molecule has 2 rings (SSSR count). The maximum atomic E-state index is 14.2. The van der Waals surface area contributed by atoms with Crippen LogP contribution in [0.25, 0.3) is 0 Å². The van der Waals surface area contributed by atoms with Crippen molar-refractivity contribution in [2.24, 2.45) is 5.92 Å². The van der Waals surface area contributed by atoms with Crippen LogP contribution in [0, 0.1) is 5.92 Å². The third-order valence-electron chi connectivity index (χ3n) is 6.58. The van der Waals surface area contributed by atoms with E-state index in [0.29, 0.717) is 5.92 Å². The topological polar surface area (TPSA) is 0 Å². The Morgan fingerprint density at radius 1 is 0.759 bits per heavy atom. The van der Waals surface area contributed by atoms with Crippen LogP contribution in [0.1, 0.15) is 114 Å². The summed E-state index contributed by atoms with van der Waals surface area (Å²) in [4.78, 5) is 0.